The number of aromatic nitrogens is 1. The van der Waals surface area contributed by atoms with Gasteiger partial charge in [0.1, 0.15) is 0 Å². The molecule has 0 unspecified atom stereocenters. The van der Waals surface area contributed by atoms with Gasteiger partial charge in [0, 0.05) is 10.3 Å². The lowest BCUT2D eigenvalue weighted by Gasteiger charge is -2.04. The SMILES string of the molecule is Cc1ccc(-c2[nH]c3c(C)ccc(Cl)c3c2CCCCN)s1. The van der Waals surface area contributed by atoms with Gasteiger partial charge >= 0.3 is 0 Å². The summed E-state index contributed by atoms with van der Waals surface area (Å²) in [6.45, 7) is 5.01. The third-order valence-corrected chi connectivity index (χ3v) is 5.42. The standard InChI is InChI=1S/C18H21ClN2S/c1-11-6-8-14(19)16-13(5-3-4-10-20)18(21-17(11)16)15-9-7-12(2)22-15/h6-9,21H,3-5,10,20H2,1-2H3. The molecule has 3 N–H and O–H groups in total. The van der Waals surface area contributed by atoms with Crippen LogP contribution in [0.5, 0.6) is 0 Å². The van der Waals surface area contributed by atoms with Crippen molar-refractivity contribution in [1.82, 2.24) is 4.98 Å². The van der Waals surface area contributed by atoms with Crippen LogP contribution in [-0.2, 0) is 6.42 Å². The number of H-pyrrole nitrogens is 1. The van der Waals surface area contributed by atoms with Crippen LogP contribution in [0.3, 0.4) is 0 Å². The third kappa shape index (κ3) is 2.81. The summed E-state index contributed by atoms with van der Waals surface area (Å²) in [4.78, 5) is 6.23. The number of benzene rings is 1. The van der Waals surface area contributed by atoms with Crippen molar-refractivity contribution in [1.29, 1.82) is 0 Å². The number of thiophene rings is 1. The molecule has 0 saturated carbocycles. The van der Waals surface area contributed by atoms with Crippen molar-refractivity contribution in [2.75, 3.05) is 6.54 Å². The van der Waals surface area contributed by atoms with E-state index in [2.05, 4.69) is 37.0 Å². The molecule has 0 bridgehead atoms. The highest BCUT2D eigenvalue weighted by Crippen LogP contribution is 2.39. The van der Waals surface area contributed by atoms with Crippen LogP contribution >= 0.6 is 22.9 Å². The highest BCUT2D eigenvalue weighted by molar-refractivity contribution is 7.15. The molecule has 0 aliphatic rings. The molecule has 0 amide bonds. The van der Waals surface area contributed by atoms with Gasteiger partial charge in [-0.1, -0.05) is 17.7 Å². The zero-order valence-corrected chi connectivity index (χ0v) is 14.6. The summed E-state index contributed by atoms with van der Waals surface area (Å²) in [6.07, 6.45) is 3.14. The molecule has 0 radical (unpaired) electrons. The average Bonchev–Trinajstić information content (AvgIpc) is 3.08. The number of nitrogens with two attached hydrogens (primary N) is 1. The predicted molar refractivity (Wildman–Crippen MR) is 98.1 cm³/mol. The molecule has 0 fully saturated rings. The summed E-state index contributed by atoms with van der Waals surface area (Å²) >= 11 is 8.33. The first-order valence-electron chi connectivity index (χ1n) is 7.68. The van der Waals surface area contributed by atoms with E-state index in [-0.39, 0.29) is 0 Å². The number of halogens is 1. The van der Waals surface area contributed by atoms with Gasteiger partial charge < -0.3 is 10.7 Å². The van der Waals surface area contributed by atoms with Gasteiger partial charge in [-0.25, -0.2) is 0 Å². The van der Waals surface area contributed by atoms with Crippen LogP contribution in [0.1, 0.15) is 28.8 Å². The fraction of sp³-hybridized carbons (Fsp3) is 0.333. The lowest BCUT2D eigenvalue weighted by molar-refractivity contribution is 0.748. The molecule has 22 heavy (non-hydrogen) atoms. The monoisotopic (exact) mass is 332 g/mol. The van der Waals surface area contributed by atoms with Gasteiger partial charge in [0.2, 0.25) is 0 Å². The van der Waals surface area contributed by atoms with E-state index in [9.17, 15) is 0 Å². The molecule has 3 rings (SSSR count). The summed E-state index contributed by atoms with van der Waals surface area (Å²) in [6, 6.07) is 8.45. The maximum Gasteiger partial charge on any atom is 0.0599 e. The van der Waals surface area contributed by atoms with Gasteiger partial charge in [0.25, 0.3) is 0 Å². The van der Waals surface area contributed by atoms with E-state index in [1.807, 2.05) is 17.4 Å². The Kier molecular flexibility index (Phi) is 4.57. The Morgan fingerprint density at radius 1 is 1.14 bits per heavy atom. The second-order valence-corrected chi connectivity index (χ2v) is 7.44. The third-order valence-electron chi connectivity index (χ3n) is 4.08. The Morgan fingerprint density at radius 2 is 1.95 bits per heavy atom. The van der Waals surface area contributed by atoms with Crippen LogP contribution in [0.4, 0.5) is 0 Å². The molecule has 0 spiro atoms. The molecule has 0 aliphatic carbocycles. The van der Waals surface area contributed by atoms with Gasteiger partial charge in [-0.2, -0.15) is 0 Å². The summed E-state index contributed by atoms with van der Waals surface area (Å²) in [5.74, 6) is 0. The molecule has 2 heterocycles. The maximum atomic E-state index is 6.51. The Morgan fingerprint density at radius 3 is 2.64 bits per heavy atom. The van der Waals surface area contributed by atoms with Crippen molar-refractivity contribution in [2.24, 2.45) is 5.73 Å². The van der Waals surface area contributed by atoms with Gasteiger partial charge in [-0.05, 0) is 69.0 Å². The van der Waals surface area contributed by atoms with Crippen molar-refractivity contribution in [3.8, 4) is 10.6 Å². The van der Waals surface area contributed by atoms with Crippen molar-refractivity contribution < 1.29 is 0 Å². The Labute approximate surface area is 140 Å². The van der Waals surface area contributed by atoms with Gasteiger partial charge in [0.05, 0.1) is 21.1 Å². The van der Waals surface area contributed by atoms with Crippen LogP contribution in [0.15, 0.2) is 24.3 Å². The van der Waals surface area contributed by atoms with E-state index in [0.717, 1.165) is 36.3 Å². The predicted octanol–water partition coefficient (Wildman–Crippen LogP) is 5.45. The van der Waals surface area contributed by atoms with Crippen LogP contribution in [-0.4, -0.2) is 11.5 Å². The molecule has 0 aliphatic heterocycles. The lowest BCUT2D eigenvalue weighted by atomic mass is 10.0. The van der Waals surface area contributed by atoms with Crippen molar-refractivity contribution in [2.45, 2.75) is 33.1 Å². The number of fused-ring (bicyclic) bond motifs is 1. The number of hydrogen-bond acceptors (Lipinski definition) is 2. The van der Waals surface area contributed by atoms with E-state index < -0.39 is 0 Å². The normalized spacial score (nSPS) is 11.5. The number of unbranched alkanes of at least 4 members (excludes halogenated alkanes) is 1. The Bertz CT molecular complexity index is 801. The number of nitrogens with one attached hydrogen (secondary N) is 1. The fourth-order valence-corrected chi connectivity index (χ4v) is 4.11. The van der Waals surface area contributed by atoms with Gasteiger partial charge in [0.15, 0.2) is 0 Å². The van der Waals surface area contributed by atoms with Crippen LogP contribution in [0.25, 0.3) is 21.5 Å². The zero-order chi connectivity index (χ0) is 15.7. The molecular formula is C18H21ClN2S. The topological polar surface area (TPSA) is 41.8 Å². The van der Waals surface area contributed by atoms with E-state index in [0.29, 0.717) is 0 Å². The molecule has 0 saturated heterocycles. The fourth-order valence-electron chi connectivity index (χ4n) is 2.94. The highest BCUT2D eigenvalue weighted by atomic mass is 35.5. The van der Waals surface area contributed by atoms with Crippen LogP contribution in [0.2, 0.25) is 5.02 Å². The smallest absolute Gasteiger partial charge is 0.0599 e. The minimum absolute atomic E-state index is 0.739. The molecule has 116 valence electrons. The minimum atomic E-state index is 0.739. The molecule has 2 nitrogen and oxygen atoms in total. The number of aromatic amines is 1. The molecule has 0 atom stereocenters. The highest BCUT2D eigenvalue weighted by Gasteiger charge is 2.17. The second kappa shape index (κ2) is 6.45. The van der Waals surface area contributed by atoms with Crippen LogP contribution in [0, 0.1) is 13.8 Å². The second-order valence-electron chi connectivity index (χ2n) is 5.75. The molecule has 2 aromatic heterocycles. The quantitative estimate of drug-likeness (QED) is 0.599. The maximum absolute atomic E-state index is 6.51. The Balaban J connectivity index is 2.19. The lowest BCUT2D eigenvalue weighted by Crippen LogP contribution is -1.99. The van der Waals surface area contributed by atoms with E-state index in [1.54, 1.807) is 0 Å². The molecule has 4 heteroatoms. The summed E-state index contributed by atoms with van der Waals surface area (Å²) in [5.41, 5.74) is 10.6. The number of aryl methyl sites for hydroxylation is 3. The van der Waals surface area contributed by atoms with Crippen LogP contribution < -0.4 is 5.73 Å². The zero-order valence-electron chi connectivity index (χ0n) is 13.0. The van der Waals surface area contributed by atoms with Gasteiger partial charge in [-0.15, -0.1) is 11.3 Å². The van der Waals surface area contributed by atoms with Gasteiger partial charge in [-0.3, -0.25) is 0 Å². The first kappa shape index (κ1) is 15.6. The first-order chi connectivity index (χ1) is 10.6. The van der Waals surface area contributed by atoms with Crippen molar-refractivity contribution >= 4 is 33.8 Å². The van der Waals surface area contributed by atoms with Crippen molar-refractivity contribution in [3.63, 3.8) is 0 Å². The molecular weight excluding hydrogens is 312 g/mol. The summed E-state index contributed by atoms with van der Waals surface area (Å²) < 4.78 is 0. The molecule has 1 aromatic carbocycles. The Hall–Kier alpha value is -1.29. The summed E-state index contributed by atoms with van der Waals surface area (Å²) in [5, 5.41) is 2.01. The van der Waals surface area contributed by atoms with E-state index in [1.165, 1.54) is 32.0 Å². The minimum Gasteiger partial charge on any atom is -0.353 e. The average molecular weight is 333 g/mol. The largest absolute Gasteiger partial charge is 0.353 e. The number of hydrogen-bond donors (Lipinski definition) is 2. The van der Waals surface area contributed by atoms with Crippen molar-refractivity contribution in [3.05, 3.63) is 45.3 Å². The molecule has 3 aromatic rings. The van der Waals surface area contributed by atoms with E-state index in [4.69, 9.17) is 17.3 Å². The van der Waals surface area contributed by atoms with E-state index >= 15 is 0 Å². The first-order valence-corrected chi connectivity index (χ1v) is 8.87. The number of rotatable bonds is 5. The summed E-state index contributed by atoms with van der Waals surface area (Å²) in [7, 11) is 0.